The molecule has 0 unspecified atom stereocenters. The number of nitrogens with zero attached hydrogens (tertiary/aromatic N) is 3. The fraction of sp³-hybridized carbons (Fsp3) is 0.360. The van der Waals surface area contributed by atoms with E-state index < -0.39 is 0 Å². The molecule has 2 amide bonds. The van der Waals surface area contributed by atoms with Crippen molar-refractivity contribution in [3.63, 3.8) is 0 Å². The SMILES string of the molecule is Cc1sc(-n2cccc2)c(C(=O)N2CCN(C(=O)CCCc3ccccc3)CC2)c1C. The molecule has 31 heavy (non-hydrogen) atoms. The zero-order valence-corrected chi connectivity index (χ0v) is 19.0. The second-order valence-corrected chi connectivity index (χ2v) is 9.27. The maximum atomic E-state index is 13.4. The summed E-state index contributed by atoms with van der Waals surface area (Å²) in [4.78, 5) is 31.0. The third-order valence-corrected chi connectivity index (χ3v) is 7.26. The Labute approximate surface area is 187 Å². The molecule has 0 atom stereocenters. The van der Waals surface area contributed by atoms with Crippen molar-refractivity contribution in [3.8, 4) is 5.00 Å². The second-order valence-electron chi connectivity index (χ2n) is 8.07. The van der Waals surface area contributed by atoms with Gasteiger partial charge in [-0.3, -0.25) is 9.59 Å². The summed E-state index contributed by atoms with van der Waals surface area (Å²) in [6.45, 7) is 6.48. The topological polar surface area (TPSA) is 45.6 Å². The molecule has 1 aromatic carbocycles. The van der Waals surface area contributed by atoms with Gasteiger partial charge < -0.3 is 14.4 Å². The zero-order chi connectivity index (χ0) is 21.8. The normalized spacial score (nSPS) is 14.1. The molecule has 0 spiro atoms. The van der Waals surface area contributed by atoms with Crippen LogP contribution in [0.25, 0.3) is 5.00 Å². The lowest BCUT2D eigenvalue weighted by molar-refractivity contribution is -0.132. The molecule has 4 rings (SSSR count). The quantitative estimate of drug-likeness (QED) is 0.574. The van der Waals surface area contributed by atoms with Gasteiger partial charge in [0.25, 0.3) is 5.91 Å². The average Bonchev–Trinajstić information content (AvgIpc) is 3.43. The van der Waals surface area contributed by atoms with Crippen molar-refractivity contribution in [1.82, 2.24) is 14.4 Å². The van der Waals surface area contributed by atoms with Crippen molar-refractivity contribution in [2.75, 3.05) is 26.2 Å². The minimum Gasteiger partial charge on any atom is -0.339 e. The van der Waals surface area contributed by atoms with E-state index in [0.29, 0.717) is 32.6 Å². The van der Waals surface area contributed by atoms with Crippen LogP contribution in [0.2, 0.25) is 0 Å². The van der Waals surface area contributed by atoms with E-state index in [1.165, 1.54) is 10.4 Å². The van der Waals surface area contributed by atoms with E-state index in [1.807, 2.05) is 64.0 Å². The van der Waals surface area contributed by atoms with Crippen molar-refractivity contribution in [3.05, 3.63) is 76.4 Å². The summed E-state index contributed by atoms with van der Waals surface area (Å²) in [5, 5.41) is 0.976. The summed E-state index contributed by atoms with van der Waals surface area (Å²) >= 11 is 1.65. The van der Waals surface area contributed by atoms with Crippen LogP contribution in [0.3, 0.4) is 0 Å². The van der Waals surface area contributed by atoms with Crippen LogP contribution < -0.4 is 0 Å². The molecule has 0 aliphatic carbocycles. The maximum Gasteiger partial charge on any atom is 0.257 e. The van der Waals surface area contributed by atoms with Gasteiger partial charge in [-0.05, 0) is 49.9 Å². The second kappa shape index (κ2) is 9.52. The molecule has 162 valence electrons. The highest BCUT2D eigenvalue weighted by atomic mass is 32.1. The molecule has 0 bridgehead atoms. The number of piperazine rings is 1. The van der Waals surface area contributed by atoms with E-state index in [-0.39, 0.29) is 11.8 Å². The fourth-order valence-electron chi connectivity index (χ4n) is 4.08. The van der Waals surface area contributed by atoms with Gasteiger partial charge in [0.1, 0.15) is 5.00 Å². The van der Waals surface area contributed by atoms with Gasteiger partial charge in [-0.2, -0.15) is 0 Å². The molecule has 1 fully saturated rings. The predicted octanol–water partition coefficient (Wildman–Crippen LogP) is 4.46. The number of hydrogen-bond donors (Lipinski definition) is 0. The highest BCUT2D eigenvalue weighted by molar-refractivity contribution is 7.15. The Hall–Kier alpha value is -2.86. The summed E-state index contributed by atoms with van der Waals surface area (Å²) in [6, 6.07) is 14.2. The molecule has 6 heteroatoms. The lowest BCUT2D eigenvalue weighted by Gasteiger charge is -2.35. The highest BCUT2D eigenvalue weighted by Crippen LogP contribution is 2.32. The van der Waals surface area contributed by atoms with Gasteiger partial charge in [0.05, 0.1) is 5.56 Å². The minimum absolute atomic E-state index is 0.0710. The van der Waals surface area contributed by atoms with Crippen molar-refractivity contribution in [1.29, 1.82) is 0 Å². The van der Waals surface area contributed by atoms with Gasteiger partial charge in [0.2, 0.25) is 5.91 Å². The van der Waals surface area contributed by atoms with E-state index >= 15 is 0 Å². The maximum absolute atomic E-state index is 13.4. The molecule has 2 aromatic heterocycles. The molecule has 5 nitrogen and oxygen atoms in total. The standard InChI is InChI=1S/C25H29N3O2S/c1-19-20(2)31-25(28-13-6-7-14-28)23(19)24(30)27-17-15-26(16-18-27)22(29)12-8-11-21-9-4-3-5-10-21/h3-7,9-10,13-14H,8,11-12,15-18H2,1-2H3. The molecule has 3 aromatic rings. The Kier molecular flexibility index (Phi) is 6.56. The Bertz CT molecular complexity index is 1030. The first-order valence-corrected chi connectivity index (χ1v) is 11.7. The van der Waals surface area contributed by atoms with Crippen LogP contribution >= 0.6 is 11.3 Å². The molecule has 1 aliphatic rings. The molecule has 0 saturated carbocycles. The molecular weight excluding hydrogens is 406 g/mol. The average molecular weight is 436 g/mol. The fourth-order valence-corrected chi connectivity index (χ4v) is 5.19. The number of rotatable bonds is 6. The Morgan fingerprint density at radius 1 is 0.903 bits per heavy atom. The minimum atomic E-state index is 0.0710. The first-order valence-electron chi connectivity index (χ1n) is 10.9. The van der Waals surface area contributed by atoms with Gasteiger partial charge in [-0.25, -0.2) is 0 Å². The van der Waals surface area contributed by atoms with Crippen LogP contribution in [0.4, 0.5) is 0 Å². The van der Waals surface area contributed by atoms with Crippen LogP contribution in [-0.4, -0.2) is 52.4 Å². The molecule has 0 N–H and O–H groups in total. The summed E-state index contributed by atoms with van der Waals surface area (Å²) < 4.78 is 2.02. The third kappa shape index (κ3) is 4.74. The summed E-state index contributed by atoms with van der Waals surface area (Å²) in [7, 11) is 0. The van der Waals surface area contributed by atoms with Gasteiger partial charge in [0, 0.05) is 49.9 Å². The number of hydrogen-bond acceptors (Lipinski definition) is 3. The van der Waals surface area contributed by atoms with E-state index in [9.17, 15) is 9.59 Å². The number of thiophene rings is 1. The van der Waals surface area contributed by atoms with Crippen LogP contribution in [-0.2, 0) is 11.2 Å². The first-order chi connectivity index (χ1) is 15.0. The van der Waals surface area contributed by atoms with Crippen LogP contribution in [0.1, 0.15) is 39.2 Å². The molecule has 0 radical (unpaired) electrons. The van der Waals surface area contributed by atoms with Gasteiger partial charge in [-0.15, -0.1) is 11.3 Å². The van der Waals surface area contributed by atoms with Gasteiger partial charge >= 0.3 is 0 Å². The van der Waals surface area contributed by atoms with Gasteiger partial charge in [-0.1, -0.05) is 30.3 Å². The summed E-state index contributed by atoms with van der Waals surface area (Å²) in [5.74, 6) is 0.264. The zero-order valence-electron chi connectivity index (χ0n) is 18.2. The largest absolute Gasteiger partial charge is 0.339 e. The van der Waals surface area contributed by atoms with E-state index in [1.54, 1.807) is 11.3 Å². The van der Waals surface area contributed by atoms with Crippen LogP contribution in [0.15, 0.2) is 54.9 Å². The monoisotopic (exact) mass is 435 g/mol. The number of benzene rings is 1. The number of carbonyl (C=O) groups excluding carboxylic acids is 2. The van der Waals surface area contributed by atoms with E-state index in [0.717, 1.165) is 29.0 Å². The summed E-state index contributed by atoms with van der Waals surface area (Å²) in [6.07, 6.45) is 6.30. The van der Waals surface area contributed by atoms with Crippen molar-refractivity contribution in [2.45, 2.75) is 33.1 Å². The smallest absolute Gasteiger partial charge is 0.257 e. The number of carbonyl (C=O) groups is 2. The van der Waals surface area contributed by atoms with Gasteiger partial charge in [0.15, 0.2) is 0 Å². The lowest BCUT2D eigenvalue weighted by atomic mass is 10.1. The number of aromatic nitrogens is 1. The molecule has 3 heterocycles. The third-order valence-electron chi connectivity index (χ3n) is 6.04. The summed E-state index contributed by atoms with van der Waals surface area (Å²) in [5.41, 5.74) is 3.12. The Morgan fingerprint density at radius 3 is 2.23 bits per heavy atom. The van der Waals surface area contributed by atoms with Crippen molar-refractivity contribution >= 4 is 23.2 Å². The van der Waals surface area contributed by atoms with E-state index in [4.69, 9.17) is 0 Å². The lowest BCUT2D eigenvalue weighted by Crippen LogP contribution is -2.50. The molecular formula is C25H29N3O2S. The van der Waals surface area contributed by atoms with Crippen LogP contribution in [0, 0.1) is 13.8 Å². The number of amides is 2. The Balaban J connectivity index is 1.34. The Morgan fingerprint density at radius 2 is 1.55 bits per heavy atom. The van der Waals surface area contributed by atoms with Crippen molar-refractivity contribution in [2.24, 2.45) is 0 Å². The molecule has 1 saturated heterocycles. The predicted molar refractivity (Wildman–Crippen MR) is 125 cm³/mol. The van der Waals surface area contributed by atoms with Crippen LogP contribution in [0.5, 0.6) is 0 Å². The van der Waals surface area contributed by atoms with E-state index in [2.05, 4.69) is 19.1 Å². The first kappa shape index (κ1) is 21.4. The molecule has 1 aliphatic heterocycles. The van der Waals surface area contributed by atoms with Crippen molar-refractivity contribution < 1.29 is 9.59 Å². The highest BCUT2D eigenvalue weighted by Gasteiger charge is 2.29. The number of aryl methyl sites for hydroxylation is 2.